The lowest BCUT2D eigenvalue weighted by molar-refractivity contribution is 0.0698. The van der Waals surface area contributed by atoms with Crippen LogP contribution in [-0.4, -0.2) is 40.3 Å². The van der Waals surface area contributed by atoms with Crippen molar-refractivity contribution < 1.29 is 18.7 Å². The summed E-state index contributed by atoms with van der Waals surface area (Å²) in [4.78, 5) is 33.1. The van der Waals surface area contributed by atoms with Crippen LogP contribution in [0.5, 0.6) is 11.5 Å². The Labute approximate surface area is 224 Å². The van der Waals surface area contributed by atoms with Gasteiger partial charge in [-0.15, -0.1) is 0 Å². The second-order valence-corrected chi connectivity index (χ2v) is 9.21. The molecule has 0 radical (unpaired) electrons. The molecule has 0 N–H and O–H groups in total. The number of halogens is 1. The molecule has 0 saturated carbocycles. The van der Waals surface area contributed by atoms with Crippen molar-refractivity contribution in [3.05, 3.63) is 136 Å². The molecule has 2 aliphatic heterocycles. The molecule has 1 amide bonds. The second-order valence-electron chi connectivity index (χ2n) is 9.21. The average Bonchev–Trinajstić information content (AvgIpc) is 2.99. The monoisotopic (exact) mass is 524 g/mol. The standard InChI is InChI=1S/C30H25FN4O4/c31-22-11-12-23-26(18-22)38-17-7-6-15-33-20-35(27(23)24-10-4-5-14-32-24)34-16-13-25(36)29(28(34)30(33)37)39-19-21-8-2-1-3-9-21/h1-14,16,18,27H,15,17,19-20H2/b7-6-/t27-/m1/s1. The van der Waals surface area contributed by atoms with E-state index < -0.39 is 17.3 Å². The van der Waals surface area contributed by atoms with Crippen LogP contribution in [-0.2, 0) is 6.61 Å². The van der Waals surface area contributed by atoms with Gasteiger partial charge in [-0.1, -0.05) is 42.5 Å². The molecule has 0 spiro atoms. The average molecular weight is 525 g/mol. The normalized spacial score (nSPS) is 17.4. The lowest BCUT2D eigenvalue weighted by Crippen LogP contribution is -2.55. The van der Waals surface area contributed by atoms with E-state index in [2.05, 4.69) is 4.98 Å². The summed E-state index contributed by atoms with van der Waals surface area (Å²) < 4.78 is 28.0. The van der Waals surface area contributed by atoms with Crippen molar-refractivity contribution in [1.82, 2.24) is 14.6 Å². The number of hydrogen-bond donors (Lipinski definition) is 0. The molecule has 6 rings (SSSR count). The number of pyridine rings is 2. The molecule has 2 aromatic carbocycles. The summed E-state index contributed by atoms with van der Waals surface area (Å²) in [6, 6.07) is 20.2. The molecule has 0 fully saturated rings. The summed E-state index contributed by atoms with van der Waals surface area (Å²) in [6.45, 7) is 0.776. The molecule has 8 nitrogen and oxygen atoms in total. The van der Waals surface area contributed by atoms with Crippen molar-refractivity contribution in [1.29, 1.82) is 0 Å². The van der Waals surface area contributed by atoms with Crippen molar-refractivity contribution >= 4 is 5.91 Å². The summed E-state index contributed by atoms with van der Waals surface area (Å²) >= 11 is 0. The molecule has 39 heavy (non-hydrogen) atoms. The van der Waals surface area contributed by atoms with Gasteiger partial charge in [0.2, 0.25) is 5.43 Å². The van der Waals surface area contributed by atoms with E-state index in [0.717, 1.165) is 5.56 Å². The molecule has 2 aliphatic rings. The molecule has 0 aliphatic carbocycles. The predicted molar refractivity (Wildman–Crippen MR) is 143 cm³/mol. The number of carbonyl (C=O) groups is 1. The summed E-state index contributed by atoms with van der Waals surface area (Å²) in [5.41, 5.74) is 1.91. The van der Waals surface area contributed by atoms with Crippen molar-refractivity contribution in [2.45, 2.75) is 12.6 Å². The third kappa shape index (κ3) is 4.74. The van der Waals surface area contributed by atoms with Crippen LogP contribution in [0.25, 0.3) is 0 Å². The van der Waals surface area contributed by atoms with E-state index in [1.54, 1.807) is 34.1 Å². The van der Waals surface area contributed by atoms with Gasteiger partial charge in [-0.25, -0.2) is 4.39 Å². The minimum atomic E-state index is -0.585. The minimum absolute atomic E-state index is 0.0322. The molecule has 4 heterocycles. The quantitative estimate of drug-likeness (QED) is 0.375. The fourth-order valence-corrected chi connectivity index (χ4v) is 4.87. The zero-order valence-corrected chi connectivity index (χ0v) is 20.9. The summed E-state index contributed by atoms with van der Waals surface area (Å²) in [6.07, 6.45) is 6.85. The Hall–Kier alpha value is -4.92. The first-order valence-corrected chi connectivity index (χ1v) is 12.6. The van der Waals surface area contributed by atoms with Crippen molar-refractivity contribution in [2.75, 3.05) is 24.8 Å². The third-order valence-corrected chi connectivity index (χ3v) is 6.71. The van der Waals surface area contributed by atoms with Gasteiger partial charge in [0.15, 0.2) is 11.4 Å². The number of nitrogens with zero attached hydrogens (tertiary/aromatic N) is 4. The number of amides is 1. The minimum Gasteiger partial charge on any atom is -0.489 e. The van der Waals surface area contributed by atoms with Gasteiger partial charge >= 0.3 is 0 Å². The van der Waals surface area contributed by atoms with Gasteiger partial charge in [0, 0.05) is 36.6 Å². The molecule has 9 heteroatoms. The number of aromatic nitrogens is 2. The molecular weight excluding hydrogens is 499 g/mol. The smallest absolute Gasteiger partial charge is 0.278 e. The number of benzene rings is 2. The fraction of sp³-hybridized carbons (Fsp3) is 0.167. The van der Waals surface area contributed by atoms with Crippen LogP contribution in [0.3, 0.4) is 0 Å². The topological polar surface area (TPSA) is 76.9 Å². The molecular formula is C30H25FN4O4. The molecule has 4 aromatic rings. The first kappa shape index (κ1) is 24.4. The maximum atomic E-state index is 14.3. The summed E-state index contributed by atoms with van der Waals surface area (Å²) in [7, 11) is 0. The van der Waals surface area contributed by atoms with E-state index in [1.807, 2.05) is 59.6 Å². The maximum Gasteiger partial charge on any atom is 0.278 e. The zero-order chi connectivity index (χ0) is 26.8. The Morgan fingerprint density at radius 1 is 1.00 bits per heavy atom. The lowest BCUT2D eigenvalue weighted by Gasteiger charge is -2.43. The first-order valence-electron chi connectivity index (χ1n) is 12.6. The predicted octanol–water partition coefficient (Wildman–Crippen LogP) is 4.05. The molecule has 0 saturated heterocycles. The molecule has 0 unspecified atom stereocenters. The van der Waals surface area contributed by atoms with Gasteiger partial charge in [0.1, 0.15) is 37.5 Å². The van der Waals surface area contributed by atoms with E-state index in [9.17, 15) is 14.0 Å². The van der Waals surface area contributed by atoms with Crippen LogP contribution in [0.15, 0.2) is 102 Å². The van der Waals surface area contributed by atoms with Crippen LogP contribution in [0.1, 0.15) is 33.4 Å². The first-order chi connectivity index (χ1) is 19.1. The van der Waals surface area contributed by atoms with Crippen molar-refractivity contribution in [3.8, 4) is 11.5 Å². The Bertz CT molecular complexity index is 1590. The van der Waals surface area contributed by atoms with E-state index in [0.29, 0.717) is 17.0 Å². The van der Waals surface area contributed by atoms with E-state index in [1.165, 1.54) is 18.2 Å². The highest BCUT2D eigenvalue weighted by atomic mass is 19.1. The maximum absolute atomic E-state index is 14.3. The molecule has 2 aromatic heterocycles. The van der Waals surface area contributed by atoms with Crippen LogP contribution in [0, 0.1) is 5.82 Å². The van der Waals surface area contributed by atoms with E-state index >= 15 is 0 Å². The van der Waals surface area contributed by atoms with Crippen molar-refractivity contribution in [2.24, 2.45) is 0 Å². The summed E-state index contributed by atoms with van der Waals surface area (Å²) in [5, 5.41) is 1.91. The van der Waals surface area contributed by atoms with Gasteiger partial charge in [-0.3, -0.25) is 24.3 Å². The highest BCUT2D eigenvalue weighted by Crippen LogP contribution is 2.36. The van der Waals surface area contributed by atoms with Gasteiger partial charge < -0.3 is 14.4 Å². The Morgan fingerprint density at radius 3 is 2.67 bits per heavy atom. The number of hydrogen-bond acceptors (Lipinski definition) is 6. The molecule has 196 valence electrons. The highest BCUT2D eigenvalue weighted by molar-refractivity contribution is 5.96. The van der Waals surface area contributed by atoms with Crippen LogP contribution >= 0.6 is 0 Å². The second kappa shape index (κ2) is 10.4. The highest BCUT2D eigenvalue weighted by Gasteiger charge is 2.38. The molecule has 2 bridgehead atoms. The van der Waals surface area contributed by atoms with Crippen LogP contribution in [0.2, 0.25) is 0 Å². The van der Waals surface area contributed by atoms with E-state index in [-0.39, 0.29) is 43.8 Å². The van der Waals surface area contributed by atoms with Crippen LogP contribution < -0.4 is 19.9 Å². The Kier molecular flexibility index (Phi) is 6.54. The van der Waals surface area contributed by atoms with Crippen LogP contribution in [0.4, 0.5) is 4.39 Å². The zero-order valence-electron chi connectivity index (χ0n) is 20.9. The lowest BCUT2D eigenvalue weighted by atomic mass is 10.0. The third-order valence-electron chi connectivity index (χ3n) is 6.71. The fourth-order valence-electron chi connectivity index (χ4n) is 4.87. The number of carbonyl (C=O) groups excluding carboxylic acids is 1. The summed E-state index contributed by atoms with van der Waals surface area (Å²) in [5.74, 6) is -0.432. The van der Waals surface area contributed by atoms with Gasteiger partial charge in [0.25, 0.3) is 5.91 Å². The Balaban J connectivity index is 1.55. The number of ether oxygens (including phenoxy) is 2. The number of rotatable bonds is 4. The van der Waals surface area contributed by atoms with E-state index in [4.69, 9.17) is 9.47 Å². The Morgan fingerprint density at radius 2 is 1.85 bits per heavy atom. The van der Waals surface area contributed by atoms with Gasteiger partial charge in [0.05, 0.1) is 5.69 Å². The SMILES string of the molecule is O=C1c2c(OCc3ccccc3)c(=O)ccn2N2CN1C/C=C\COc1cc(F)ccc1[C@@H]2c1ccccn1. The number of fused-ring (bicyclic) bond motifs is 5. The largest absolute Gasteiger partial charge is 0.489 e. The van der Waals surface area contributed by atoms with Gasteiger partial charge in [-0.2, -0.15) is 0 Å². The molecule has 1 atom stereocenters. The van der Waals surface area contributed by atoms with Crippen molar-refractivity contribution in [3.63, 3.8) is 0 Å². The van der Waals surface area contributed by atoms with Gasteiger partial charge in [-0.05, 0) is 35.9 Å².